The van der Waals surface area contributed by atoms with Crippen LogP contribution in [-0.2, 0) is 5.75 Å². The first kappa shape index (κ1) is 15.8. The van der Waals surface area contributed by atoms with Crippen LogP contribution in [-0.4, -0.2) is 34.5 Å². The van der Waals surface area contributed by atoms with Gasteiger partial charge in [-0.25, -0.2) is 15.2 Å². The van der Waals surface area contributed by atoms with E-state index in [4.69, 9.17) is 10.5 Å². The van der Waals surface area contributed by atoms with E-state index >= 15 is 0 Å². The Morgan fingerprint density at radius 1 is 1.59 bits per heavy atom. The van der Waals surface area contributed by atoms with Crippen molar-refractivity contribution in [3.63, 3.8) is 0 Å². The molecule has 2 amide bonds. The first-order chi connectivity index (χ1) is 10.6. The molecule has 8 nitrogen and oxygen atoms in total. The van der Waals surface area contributed by atoms with Crippen molar-refractivity contribution in [2.24, 2.45) is 10.8 Å². The van der Waals surface area contributed by atoms with Gasteiger partial charge in [-0.2, -0.15) is 5.10 Å². The molecule has 2 aromatic rings. The van der Waals surface area contributed by atoms with Crippen molar-refractivity contribution in [1.82, 2.24) is 20.6 Å². The van der Waals surface area contributed by atoms with Gasteiger partial charge in [-0.15, -0.1) is 5.10 Å². The van der Waals surface area contributed by atoms with Crippen LogP contribution in [0.25, 0.3) is 0 Å². The molecule has 0 atom stereocenters. The number of hydrogen-bond acceptors (Lipinski definition) is 6. The second-order valence-corrected chi connectivity index (χ2v) is 5.24. The number of H-pyrrole nitrogens is 1. The van der Waals surface area contributed by atoms with Crippen molar-refractivity contribution in [2.75, 3.05) is 7.11 Å². The Balaban J connectivity index is 2.10. The number of aryl methyl sites for hydroxylation is 1. The predicted octanol–water partition coefficient (Wildman–Crippen LogP) is 1.42. The second kappa shape index (κ2) is 7.46. The van der Waals surface area contributed by atoms with Crippen LogP contribution in [0.2, 0.25) is 0 Å². The van der Waals surface area contributed by atoms with Crippen LogP contribution in [0.1, 0.15) is 17.0 Å². The van der Waals surface area contributed by atoms with E-state index in [-0.39, 0.29) is 0 Å². The van der Waals surface area contributed by atoms with Gasteiger partial charge in [-0.05, 0) is 30.7 Å². The van der Waals surface area contributed by atoms with Crippen LogP contribution in [0, 0.1) is 6.92 Å². The molecule has 0 spiro atoms. The zero-order valence-electron chi connectivity index (χ0n) is 12.2. The maximum absolute atomic E-state index is 10.6. The number of aromatic nitrogens is 3. The van der Waals surface area contributed by atoms with Gasteiger partial charge < -0.3 is 10.5 Å². The first-order valence-corrected chi connectivity index (χ1v) is 7.34. The standard InChI is InChI=1S/C13H16N6O2S/c1-8-16-13(19-17-8)22-7-10-5-9(3-4-11(10)21-2)6-15-18-12(14)20/h3-6H,7H2,1-2H3,(H3,14,18,20)(H,16,17,19). The third kappa shape index (κ3) is 4.48. The number of thioether (sulfide) groups is 1. The van der Waals surface area contributed by atoms with E-state index in [1.165, 1.54) is 18.0 Å². The third-order valence-corrected chi connectivity index (χ3v) is 3.52. The Morgan fingerprint density at radius 2 is 2.41 bits per heavy atom. The Labute approximate surface area is 131 Å². The van der Waals surface area contributed by atoms with Gasteiger partial charge in [-0.1, -0.05) is 11.8 Å². The number of primary amides is 1. The molecule has 0 aliphatic carbocycles. The maximum atomic E-state index is 10.6. The molecule has 0 saturated heterocycles. The minimum absolute atomic E-state index is 0.644. The van der Waals surface area contributed by atoms with E-state index in [0.29, 0.717) is 10.9 Å². The number of benzene rings is 1. The summed E-state index contributed by atoms with van der Waals surface area (Å²) < 4.78 is 5.34. The summed E-state index contributed by atoms with van der Waals surface area (Å²) in [5.41, 5.74) is 8.88. The normalized spacial score (nSPS) is 10.8. The minimum atomic E-state index is -0.708. The summed E-state index contributed by atoms with van der Waals surface area (Å²) in [6, 6.07) is 4.87. The molecule has 1 aromatic carbocycles. The van der Waals surface area contributed by atoms with Crippen molar-refractivity contribution in [1.29, 1.82) is 0 Å². The van der Waals surface area contributed by atoms with Gasteiger partial charge in [0.1, 0.15) is 11.6 Å². The molecule has 9 heteroatoms. The molecule has 0 bridgehead atoms. The lowest BCUT2D eigenvalue weighted by atomic mass is 10.1. The van der Waals surface area contributed by atoms with Crippen molar-refractivity contribution in [3.05, 3.63) is 35.2 Å². The molecule has 0 aliphatic rings. The summed E-state index contributed by atoms with van der Waals surface area (Å²) in [5.74, 6) is 2.18. The number of amides is 2. The Kier molecular flexibility index (Phi) is 5.37. The molecular formula is C13H16N6O2S. The van der Waals surface area contributed by atoms with E-state index in [2.05, 4.69) is 25.7 Å². The van der Waals surface area contributed by atoms with E-state index < -0.39 is 6.03 Å². The number of carbonyl (C=O) groups is 1. The highest BCUT2D eigenvalue weighted by Crippen LogP contribution is 2.26. The van der Waals surface area contributed by atoms with E-state index in [1.807, 2.05) is 25.1 Å². The van der Waals surface area contributed by atoms with Crippen molar-refractivity contribution >= 4 is 24.0 Å². The highest BCUT2D eigenvalue weighted by molar-refractivity contribution is 7.98. The SMILES string of the molecule is COc1ccc(C=NNC(N)=O)cc1CSc1n[nH]c(C)n1. The van der Waals surface area contributed by atoms with Crippen molar-refractivity contribution in [2.45, 2.75) is 17.8 Å². The summed E-state index contributed by atoms with van der Waals surface area (Å²) >= 11 is 1.49. The van der Waals surface area contributed by atoms with Crippen LogP contribution >= 0.6 is 11.8 Å². The molecule has 1 aromatic heterocycles. The van der Waals surface area contributed by atoms with Crippen LogP contribution in [0.5, 0.6) is 5.75 Å². The lowest BCUT2D eigenvalue weighted by molar-refractivity contribution is 0.249. The predicted molar refractivity (Wildman–Crippen MR) is 84.0 cm³/mol. The zero-order valence-corrected chi connectivity index (χ0v) is 13.0. The van der Waals surface area contributed by atoms with E-state index in [1.54, 1.807) is 7.11 Å². The number of hydrazone groups is 1. The average molecular weight is 320 g/mol. The lowest BCUT2D eigenvalue weighted by Gasteiger charge is -2.08. The van der Waals surface area contributed by atoms with Gasteiger partial charge in [0.15, 0.2) is 0 Å². The van der Waals surface area contributed by atoms with Gasteiger partial charge in [0.25, 0.3) is 0 Å². The van der Waals surface area contributed by atoms with Crippen molar-refractivity contribution < 1.29 is 9.53 Å². The number of carbonyl (C=O) groups excluding carboxylic acids is 1. The number of urea groups is 1. The number of nitrogens with one attached hydrogen (secondary N) is 2. The summed E-state index contributed by atoms with van der Waals surface area (Å²) in [6.07, 6.45) is 1.51. The van der Waals surface area contributed by atoms with Crippen molar-refractivity contribution in [3.8, 4) is 5.75 Å². The summed E-state index contributed by atoms with van der Waals surface area (Å²) in [7, 11) is 1.61. The van der Waals surface area contributed by atoms with E-state index in [0.717, 1.165) is 22.7 Å². The molecule has 0 aliphatic heterocycles. The molecule has 0 fully saturated rings. The van der Waals surface area contributed by atoms with Crippen LogP contribution in [0.3, 0.4) is 0 Å². The molecule has 22 heavy (non-hydrogen) atoms. The largest absolute Gasteiger partial charge is 0.496 e. The average Bonchev–Trinajstić information content (AvgIpc) is 2.90. The second-order valence-electron chi connectivity index (χ2n) is 4.30. The third-order valence-electron chi connectivity index (χ3n) is 2.63. The highest BCUT2D eigenvalue weighted by Gasteiger charge is 2.07. The molecule has 0 radical (unpaired) electrons. The number of methoxy groups -OCH3 is 1. The Bertz CT molecular complexity index is 685. The molecule has 4 N–H and O–H groups in total. The lowest BCUT2D eigenvalue weighted by Crippen LogP contribution is -2.24. The van der Waals surface area contributed by atoms with Crippen LogP contribution in [0.15, 0.2) is 28.5 Å². The molecule has 116 valence electrons. The van der Waals surface area contributed by atoms with Gasteiger partial charge in [0, 0.05) is 11.3 Å². The fraction of sp³-hybridized carbons (Fsp3) is 0.231. The monoisotopic (exact) mass is 320 g/mol. The number of rotatable bonds is 6. The topological polar surface area (TPSA) is 118 Å². The van der Waals surface area contributed by atoms with Gasteiger partial charge >= 0.3 is 6.03 Å². The van der Waals surface area contributed by atoms with Crippen LogP contribution in [0.4, 0.5) is 4.79 Å². The first-order valence-electron chi connectivity index (χ1n) is 6.35. The number of nitrogens with zero attached hydrogens (tertiary/aromatic N) is 3. The molecule has 0 unspecified atom stereocenters. The quantitative estimate of drug-likeness (QED) is 0.422. The molecular weight excluding hydrogens is 304 g/mol. The summed E-state index contributed by atoms with van der Waals surface area (Å²) in [5, 5.41) is 11.3. The minimum Gasteiger partial charge on any atom is -0.496 e. The summed E-state index contributed by atoms with van der Waals surface area (Å²) in [4.78, 5) is 14.8. The number of hydrogen-bond donors (Lipinski definition) is 3. The molecule has 1 heterocycles. The van der Waals surface area contributed by atoms with E-state index in [9.17, 15) is 4.79 Å². The number of ether oxygens (including phenoxy) is 1. The van der Waals surface area contributed by atoms with Crippen LogP contribution < -0.4 is 15.9 Å². The van der Waals surface area contributed by atoms with Gasteiger partial charge in [0.05, 0.1) is 13.3 Å². The smallest absolute Gasteiger partial charge is 0.332 e. The Morgan fingerprint density at radius 3 is 3.05 bits per heavy atom. The highest BCUT2D eigenvalue weighted by atomic mass is 32.2. The fourth-order valence-corrected chi connectivity index (χ4v) is 2.51. The zero-order chi connectivity index (χ0) is 15.9. The molecule has 0 saturated carbocycles. The summed E-state index contributed by atoms with van der Waals surface area (Å²) in [6.45, 7) is 1.85. The molecule has 2 rings (SSSR count). The fourth-order valence-electron chi connectivity index (χ4n) is 1.69. The van der Waals surface area contributed by atoms with Gasteiger partial charge in [-0.3, -0.25) is 5.10 Å². The number of aromatic amines is 1. The maximum Gasteiger partial charge on any atom is 0.332 e. The Hall–Kier alpha value is -2.55. The number of nitrogens with two attached hydrogens (primary N) is 1. The van der Waals surface area contributed by atoms with Gasteiger partial charge in [0.2, 0.25) is 5.16 Å².